The molecule has 1 aromatic carbocycles. The number of nitrogens with zero attached hydrogens (tertiary/aromatic N) is 2. The molecular weight excluding hydrogens is 525 g/mol. The Balaban J connectivity index is 3.79. The summed E-state index contributed by atoms with van der Waals surface area (Å²) in [5.41, 5.74) is 5.46. The molecule has 0 aliphatic rings. The fourth-order valence-corrected chi connectivity index (χ4v) is 22.7. The van der Waals surface area contributed by atoms with Crippen LogP contribution in [0.1, 0.15) is 83.1 Å². The molecule has 0 aliphatic carbocycles. The quantitative estimate of drug-likeness (QED) is 0.163. The average Bonchev–Trinajstić information content (AvgIpc) is 2.67. The molecule has 8 heteroatoms. The third kappa shape index (κ3) is 5.67. The van der Waals surface area contributed by atoms with Gasteiger partial charge in [-0.15, -0.1) is 25.3 Å². The number of benzene rings is 1. The number of thiocarbonyl (C=S) groups is 2. The van der Waals surface area contributed by atoms with Crippen LogP contribution in [-0.2, 0) is 0 Å². The van der Waals surface area contributed by atoms with Crippen molar-refractivity contribution in [3.63, 3.8) is 0 Å². The molecule has 0 amide bonds. The van der Waals surface area contributed by atoms with Crippen LogP contribution in [-0.4, -0.2) is 25.1 Å². The predicted molar refractivity (Wildman–Crippen MR) is 177 cm³/mol. The Labute approximate surface area is 234 Å². The first-order valence-electron chi connectivity index (χ1n) is 12.7. The molecule has 0 heterocycles. The molecule has 0 spiro atoms. The van der Waals surface area contributed by atoms with E-state index in [1.807, 2.05) is 0 Å². The molecule has 0 radical (unpaired) electrons. The van der Waals surface area contributed by atoms with Crippen LogP contribution >= 0.6 is 49.7 Å². The molecule has 194 valence electrons. The van der Waals surface area contributed by atoms with Crippen molar-refractivity contribution < 1.29 is 0 Å². The molecule has 0 saturated heterocycles. The van der Waals surface area contributed by atoms with Crippen molar-refractivity contribution in [1.29, 1.82) is 0 Å². The molecule has 0 aliphatic heterocycles. The maximum absolute atomic E-state index is 5.78. The minimum absolute atomic E-state index is 0.529. The van der Waals surface area contributed by atoms with Crippen molar-refractivity contribution in [2.75, 3.05) is 9.13 Å². The number of anilines is 2. The normalized spacial score (nSPS) is 13.1. The van der Waals surface area contributed by atoms with Gasteiger partial charge >= 0.3 is 0 Å². The largest absolute Gasteiger partial charge is 0.354 e. The lowest BCUT2D eigenvalue weighted by Crippen LogP contribution is -2.62. The zero-order chi connectivity index (χ0) is 26.8. The Kier molecular flexibility index (Phi) is 11.9. The highest BCUT2D eigenvalue weighted by Gasteiger charge is 2.51. The van der Waals surface area contributed by atoms with Gasteiger partial charge in [0.2, 0.25) is 0 Å². The molecular formula is C26H48N2S4Si2. The fourth-order valence-electron chi connectivity index (χ4n) is 7.30. The first kappa shape index (κ1) is 32.2. The van der Waals surface area contributed by atoms with Crippen molar-refractivity contribution in [2.45, 2.75) is 116 Å². The molecule has 0 atom stereocenters. The molecule has 0 unspecified atom stereocenters. The van der Waals surface area contributed by atoms with Crippen LogP contribution in [0.2, 0.25) is 33.2 Å². The summed E-state index contributed by atoms with van der Waals surface area (Å²) in [5.74, 6) is 0. The topological polar surface area (TPSA) is 6.48 Å². The van der Waals surface area contributed by atoms with Crippen LogP contribution in [0.5, 0.6) is 0 Å². The molecule has 0 saturated carbocycles. The standard InChI is InChI=1S/C26H48N2S4Si2/c1-17(2)33(18(3)4,19(5)6)27(25(29)30)23-13-15-24(16-14-23)28(26(31)32)34(20(7)8,21(9)10)22(11)12/h13-22H,1-12H3,(H,29,30)(H,31,32). The highest BCUT2D eigenvalue weighted by atomic mass is 32.1. The Morgan fingerprint density at radius 3 is 0.824 bits per heavy atom. The van der Waals surface area contributed by atoms with E-state index in [9.17, 15) is 0 Å². The van der Waals surface area contributed by atoms with E-state index < -0.39 is 16.5 Å². The summed E-state index contributed by atoms with van der Waals surface area (Å²) >= 11 is 21.1. The highest BCUT2D eigenvalue weighted by Crippen LogP contribution is 2.49. The van der Waals surface area contributed by atoms with Crippen LogP contribution < -0.4 is 9.13 Å². The van der Waals surface area contributed by atoms with Crippen LogP contribution in [0, 0.1) is 0 Å². The smallest absolute Gasteiger partial charge is 0.171 e. The highest BCUT2D eigenvalue weighted by molar-refractivity contribution is 8.12. The summed E-state index contributed by atoms with van der Waals surface area (Å²) in [4.78, 5) is 0. The first-order chi connectivity index (χ1) is 15.5. The lowest BCUT2D eigenvalue weighted by molar-refractivity contribution is 0.805. The Morgan fingerprint density at radius 2 is 0.706 bits per heavy atom. The van der Waals surface area contributed by atoms with Crippen LogP contribution in [0.4, 0.5) is 11.4 Å². The van der Waals surface area contributed by atoms with Gasteiger partial charge in [0.05, 0.1) is 0 Å². The number of hydrogen-bond acceptors (Lipinski definition) is 2. The van der Waals surface area contributed by atoms with Gasteiger partial charge in [0, 0.05) is 11.4 Å². The summed E-state index contributed by atoms with van der Waals surface area (Å²) in [7, 11) is -4.10. The van der Waals surface area contributed by atoms with E-state index in [-0.39, 0.29) is 0 Å². The molecule has 0 bridgehead atoms. The predicted octanol–water partition coefficient (Wildman–Crippen LogP) is 10.1. The summed E-state index contributed by atoms with van der Waals surface area (Å²) < 4.78 is 6.20. The monoisotopic (exact) mass is 572 g/mol. The van der Waals surface area contributed by atoms with Gasteiger partial charge in [-0.3, -0.25) is 0 Å². The van der Waals surface area contributed by atoms with E-state index in [0.717, 1.165) is 11.4 Å². The Bertz CT molecular complexity index is 723. The molecule has 0 N–H and O–H groups in total. The van der Waals surface area contributed by atoms with Gasteiger partial charge in [-0.2, -0.15) is 0 Å². The Hall–Kier alpha value is 0.134. The van der Waals surface area contributed by atoms with Crippen molar-refractivity contribution >= 4 is 86.2 Å². The van der Waals surface area contributed by atoms with E-state index in [1.54, 1.807) is 0 Å². The summed E-state index contributed by atoms with van der Waals surface area (Å²) in [6.45, 7) is 28.3. The molecule has 34 heavy (non-hydrogen) atoms. The van der Waals surface area contributed by atoms with Gasteiger partial charge in [0.15, 0.2) is 16.5 Å². The van der Waals surface area contributed by atoms with Gasteiger partial charge in [-0.05, 0) is 57.5 Å². The second kappa shape index (κ2) is 12.6. The van der Waals surface area contributed by atoms with Gasteiger partial charge in [0.25, 0.3) is 0 Å². The van der Waals surface area contributed by atoms with Crippen LogP contribution in [0.3, 0.4) is 0 Å². The Morgan fingerprint density at radius 1 is 0.529 bits per heavy atom. The van der Waals surface area contributed by atoms with Crippen molar-refractivity contribution in [3.8, 4) is 0 Å². The number of hydrogen-bond donors (Lipinski definition) is 2. The van der Waals surface area contributed by atoms with Crippen LogP contribution in [0.15, 0.2) is 24.3 Å². The zero-order valence-electron chi connectivity index (χ0n) is 23.4. The lowest BCUT2D eigenvalue weighted by atomic mass is 10.3. The molecule has 0 aromatic heterocycles. The minimum atomic E-state index is -2.05. The second-order valence-corrected chi connectivity index (χ2v) is 25.1. The van der Waals surface area contributed by atoms with E-state index in [0.29, 0.717) is 41.9 Å². The van der Waals surface area contributed by atoms with Gasteiger partial charge in [-0.25, -0.2) is 0 Å². The average molecular weight is 573 g/mol. The van der Waals surface area contributed by atoms with E-state index in [1.165, 1.54) is 0 Å². The van der Waals surface area contributed by atoms with Gasteiger partial charge < -0.3 is 9.13 Å². The summed E-state index contributed by atoms with van der Waals surface area (Å²) in [6.07, 6.45) is 0. The zero-order valence-corrected chi connectivity index (χ0v) is 28.8. The summed E-state index contributed by atoms with van der Waals surface area (Å²) in [6, 6.07) is 8.91. The fraction of sp³-hybridized carbons (Fsp3) is 0.692. The van der Waals surface area contributed by atoms with E-state index in [4.69, 9.17) is 49.7 Å². The maximum Gasteiger partial charge on any atom is 0.171 e. The molecule has 1 aromatic rings. The van der Waals surface area contributed by atoms with Gasteiger partial charge in [0.1, 0.15) is 8.64 Å². The number of rotatable bonds is 10. The van der Waals surface area contributed by atoms with Gasteiger partial charge in [-0.1, -0.05) is 108 Å². The summed E-state index contributed by atoms with van der Waals surface area (Å²) in [5, 5.41) is 0. The lowest BCUT2D eigenvalue weighted by Gasteiger charge is -2.52. The second-order valence-electron chi connectivity index (χ2n) is 11.5. The minimum Gasteiger partial charge on any atom is -0.354 e. The third-order valence-electron chi connectivity index (χ3n) is 8.07. The maximum atomic E-state index is 5.78. The van der Waals surface area contributed by atoms with Crippen molar-refractivity contribution in [2.24, 2.45) is 0 Å². The van der Waals surface area contributed by atoms with Crippen LogP contribution in [0.25, 0.3) is 0 Å². The molecule has 2 nitrogen and oxygen atoms in total. The molecule has 1 rings (SSSR count). The van der Waals surface area contributed by atoms with E-state index >= 15 is 0 Å². The third-order valence-corrected chi connectivity index (χ3v) is 23.1. The van der Waals surface area contributed by atoms with E-state index in [2.05, 4.69) is 116 Å². The first-order valence-corrected chi connectivity index (χ1v) is 18.7. The van der Waals surface area contributed by atoms with Crippen molar-refractivity contribution in [1.82, 2.24) is 0 Å². The SMILES string of the molecule is CC(C)[Si](C(C)C)(C(C)C)N(C(=S)S)c1ccc(N(C(=S)S)[Si](C(C)C)(C(C)C)C(C)C)cc1. The van der Waals surface area contributed by atoms with Crippen molar-refractivity contribution in [3.05, 3.63) is 24.3 Å². The number of thiol groups is 2. The molecule has 0 fully saturated rings.